The molecule has 0 saturated carbocycles. The van der Waals surface area contributed by atoms with E-state index in [1.807, 2.05) is 20.8 Å². The van der Waals surface area contributed by atoms with Gasteiger partial charge >= 0.3 is 0 Å². The molecule has 0 atom stereocenters. The van der Waals surface area contributed by atoms with Gasteiger partial charge in [-0.1, -0.05) is 44.0 Å². The molecule has 0 aromatic heterocycles. The molecule has 0 aliphatic heterocycles. The normalized spacial score (nSPS) is 11.3. The molecule has 0 saturated heterocycles. The highest BCUT2D eigenvalue weighted by molar-refractivity contribution is 6.36. The number of rotatable bonds is 3. The number of hydrogen-bond donors (Lipinski definition) is 1. The lowest BCUT2D eigenvalue weighted by Gasteiger charge is -2.21. The Kier molecular flexibility index (Phi) is 4.22. The Morgan fingerprint density at radius 1 is 1.38 bits per heavy atom. The fourth-order valence-corrected chi connectivity index (χ4v) is 1.50. The first-order valence-corrected chi connectivity index (χ1v) is 5.89. The Morgan fingerprint density at radius 3 is 2.50 bits per heavy atom. The molecule has 0 unspecified atom stereocenters. The number of amides is 1. The van der Waals surface area contributed by atoms with Crippen LogP contribution in [0.25, 0.3) is 0 Å². The summed E-state index contributed by atoms with van der Waals surface area (Å²) in [6.45, 7) is 5.77. The minimum Gasteiger partial charge on any atom is -0.324 e. The number of anilines is 1. The number of carbonyl (C=O) groups is 1. The first kappa shape index (κ1) is 13.3. The molecule has 1 aromatic rings. The van der Waals surface area contributed by atoms with Crippen molar-refractivity contribution in [3.63, 3.8) is 0 Å². The molecule has 4 heteroatoms. The van der Waals surface area contributed by atoms with E-state index in [1.54, 1.807) is 18.2 Å². The topological polar surface area (TPSA) is 29.1 Å². The molecule has 1 aromatic carbocycles. The standard InChI is InChI=1S/C12H15Cl2NO/c1-4-12(2,3)11(16)15-10-6-5-8(13)7-9(10)14/h5-7H,4H2,1-3H3,(H,15,16). The predicted octanol–water partition coefficient (Wildman–Crippen LogP) is 4.37. The van der Waals surface area contributed by atoms with E-state index in [1.165, 1.54) is 0 Å². The predicted molar refractivity (Wildman–Crippen MR) is 69.2 cm³/mol. The van der Waals surface area contributed by atoms with Crippen molar-refractivity contribution in [3.8, 4) is 0 Å². The van der Waals surface area contributed by atoms with Gasteiger partial charge in [-0.3, -0.25) is 4.79 Å². The minimum atomic E-state index is -0.400. The molecule has 1 rings (SSSR count). The Labute approximate surface area is 106 Å². The average Bonchev–Trinajstić information content (AvgIpc) is 2.22. The minimum absolute atomic E-state index is 0.0424. The highest BCUT2D eigenvalue weighted by Gasteiger charge is 2.25. The Morgan fingerprint density at radius 2 is 2.00 bits per heavy atom. The number of nitrogens with one attached hydrogen (secondary N) is 1. The second-order valence-corrected chi connectivity index (χ2v) is 5.16. The van der Waals surface area contributed by atoms with Crippen molar-refractivity contribution in [2.45, 2.75) is 27.2 Å². The summed E-state index contributed by atoms with van der Waals surface area (Å²) in [5, 5.41) is 3.80. The Hall–Kier alpha value is -0.730. The monoisotopic (exact) mass is 259 g/mol. The molecular formula is C12H15Cl2NO. The lowest BCUT2D eigenvalue weighted by molar-refractivity contribution is -0.124. The van der Waals surface area contributed by atoms with Crippen molar-refractivity contribution in [3.05, 3.63) is 28.2 Å². The van der Waals surface area contributed by atoms with Crippen molar-refractivity contribution < 1.29 is 4.79 Å². The van der Waals surface area contributed by atoms with Crippen LogP contribution in [0.2, 0.25) is 10.0 Å². The Bertz CT molecular complexity index is 402. The van der Waals surface area contributed by atoms with Crippen LogP contribution < -0.4 is 5.32 Å². The van der Waals surface area contributed by atoms with E-state index < -0.39 is 5.41 Å². The molecule has 16 heavy (non-hydrogen) atoms. The quantitative estimate of drug-likeness (QED) is 0.859. The molecule has 0 radical (unpaired) electrons. The first-order chi connectivity index (χ1) is 7.36. The summed E-state index contributed by atoms with van der Waals surface area (Å²) in [6, 6.07) is 5.01. The SMILES string of the molecule is CCC(C)(C)C(=O)Nc1ccc(Cl)cc1Cl. The van der Waals surface area contributed by atoms with E-state index in [-0.39, 0.29) is 5.91 Å². The van der Waals surface area contributed by atoms with E-state index in [2.05, 4.69) is 5.32 Å². The summed E-state index contributed by atoms with van der Waals surface area (Å²) in [5.74, 6) is -0.0424. The second-order valence-electron chi connectivity index (χ2n) is 4.32. The summed E-state index contributed by atoms with van der Waals surface area (Å²) in [7, 11) is 0. The van der Waals surface area contributed by atoms with Crippen molar-refractivity contribution in [2.24, 2.45) is 5.41 Å². The summed E-state index contributed by atoms with van der Waals surface area (Å²) < 4.78 is 0. The van der Waals surface area contributed by atoms with Gasteiger partial charge in [-0.2, -0.15) is 0 Å². The van der Waals surface area contributed by atoms with Crippen LogP contribution in [-0.4, -0.2) is 5.91 Å². The number of halogens is 2. The fourth-order valence-electron chi connectivity index (χ4n) is 1.04. The van der Waals surface area contributed by atoms with Gasteiger partial charge in [0.2, 0.25) is 5.91 Å². The molecule has 1 amide bonds. The van der Waals surface area contributed by atoms with E-state index >= 15 is 0 Å². The van der Waals surface area contributed by atoms with E-state index in [4.69, 9.17) is 23.2 Å². The number of hydrogen-bond acceptors (Lipinski definition) is 1. The Balaban J connectivity index is 2.85. The van der Waals surface area contributed by atoms with E-state index in [0.29, 0.717) is 15.7 Å². The van der Waals surface area contributed by atoms with Crippen molar-refractivity contribution in [1.29, 1.82) is 0 Å². The molecule has 0 fully saturated rings. The second kappa shape index (κ2) is 5.07. The summed E-state index contributed by atoms with van der Waals surface area (Å²) in [4.78, 5) is 11.9. The van der Waals surface area contributed by atoms with Crippen LogP contribution in [0, 0.1) is 5.41 Å². The fraction of sp³-hybridized carbons (Fsp3) is 0.417. The van der Waals surface area contributed by atoms with Crippen molar-refractivity contribution in [2.75, 3.05) is 5.32 Å². The number of benzene rings is 1. The first-order valence-electron chi connectivity index (χ1n) is 5.13. The van der Waals surface area contributed by atoms with Crippen molar-refractivity contribution >= 4 is 34.8 Å². The van der Waals surface area contributed by atoms with Gasteiger partial charge in [0.15, 0.2) is 0 Å². The van der Waals surface area contributed by atoms with Gasteiger partial charge in [0.1, 0.15) is 0 Å². The van der Waals surface area contributed by atoms with Gasteiger partial charge in [0.05, 0.1) is 10.7 Å². The van der Waals surface area contributed by atoms with E-state index in [0.717, 1.165) is 6.42 Å². The molecule has 0 aliphatic rings. The smallest absolute Gasteiger partial charge is 0.230 e. The third-order valence-corrected chi connectivity index (χ3v) is 3.23. The molecule has 0 heterocycles. The summed E-state index contributed by atoms with van der Waals surface area (Å²) in [5.41, 5.74) is 0.195. The van der Waals surface area contributed by atoms with Crippen LogP contribution in [0.4, 0.5) is 5.69 Å². The molecule has 0 aliphatic carbocycles. The van der Waals surface area contributed by atoms with Crippen LogP contribution >= 0.6 is 23.2 Å². The van der Waals surface area contributed by atoms with Crippen LogP contribution in [0.5, 0.6) is 0 Å². The summed E-state index contributed by atoms with van der Waals surface area (Å²) in [6.07, 6.45) is 0.768. The molecule has 0 spiro atoms. The van der Waals surface area contributed by atoms with Crippen LogP contribution in [0.1, 0.15) is 27.2 Å². The maximum absolute atomic E-state index is 11.9. The van der Waals surface area contributed by atoms with Gasteiger partial charge < -0.3 is 5.32 Å². The molecule has 2 nitrogen and oxygen atoms in total. The van der Waals surface area contributed by atoms with Gasteiger partial charge in [0, 0.05) is 10.4 Å². The zero-order chi connectivity index (χ0) is 12.3. The zero-order valence-electron chi connectivity index (χ0n) is 9.60. The number of carbonyl (C=O) groups excluding carboxylic acids is 1. The molecule has 1 N–H and O–H groups in total. The molecule has 0 bridgehead atoms. The third kappa shape index (κ3) is 3.13. The lowest BCUT2D eigenvalue weighted by Crippen LogP contribution is -2.30. The van der Waals surface area contributed by atoms with Gasteiger partial charge in [-0.25, -0.2) is 0 Å². The maximum atomic E-state index is 11.9. The maximum Gasteiger partial charge on any atom is 0.230 e. The van der Waals surface area contributed by atoms with Gasteiger partial charge in [-0.15, -0.1) is 0 Å². The highest BCUT2D eigenvalue weighted by atomic mass is 35.5. The van der Waals surface area contributed by atoms with Crippen molar-refractivity contribution in [1.82, 2.24) is 0 Å². The largest absolute Gasteiger partial charge is 0.324 e. The highest BCUT2D eigenvalue weighted by Crippen LogP contribution is 2.28. The summed E-state index contributed by atoms with van der Waals surface area (Å²) >= 11 is 11.7. The van der Waals surface area contributed by atoms with Crippen LogP contribution in [0.3, 0.4) is 0 Å². The van der Waals surface area contributed by atoms with E-state index in [9.17, 15) is 4.79 Å². The van der Waals surface area contributed by atoms with Gasteiger partial charge in [0.25, 0.3) is 0 Å². The molecule has 88 valence electrons. The average molecular weight is 260 g/mol. The third-order valence-electron chi connectivity index (χ3n) is 2.68. The lowest BCUT2D eigenvalue weighted by atomic mass is 9.89. The zero-order valence-corrected chi connectivity index (χ0v) is 11.1. The van der Waals surface area contributed by atoms with Crippen LogP contribution in [-0.2, 0) is 4.79 Å². The molecular weight excluding hydrogens is 245 g/mol. The van der Waals surface area contributed by atoms with Crippen LogP contribution in [0.15, 0.2) is 18.2 Å². The van der Waals surface area contributed by atoms with Gasteiger partial charge in [-0.05, 0) is 24.6 Å².